The van der Waals surface area contributed by atoms with Gasteiger partial charge in [0.2, 0.25) is 0 Å². The number of hydrogen-bond acceptors (Lipinski definition) is 4. The lowest BCUT2D eigenvalue weighted by Gasteiger charge is -2.38. The van der Waals surface area contributed by atoms with Crippen molar-refractivity contribution in [3.05, 3.63) is 0 Å². The zero-order valence-corrected chi connectivity index (χ0v) is 6.97. The summed E-state index contributed by atoms with van der Waals surface area (Å²) in [7, 11) is -2.62. The maximum absolute atomic E-state index is 10.3. The molecule has 0 atom stereocenters. The average molecular weight is 166 g/mol. The highest BCUT2D eigenvalue weighted by molar-refractivity contribution is 7.42. The van der Waals surface area contributed by atoms with Crippen LogP contribution in [0.3, 0.4) is 0 Å². The zero-order valence-electron chi connectivity index (χ0n) is 6.07. The molecule has 0 rings (SSSR count). The highest BCUT2D eigenvalue weighted by atomic mass is 31.2. The Bertz CT molecular complexity index is 72.0. The van der Waals surface area contributed by atoms with Crippen molar-refractivity contribution in [2.75, 3.05) is 13.2 Å². The number of hydrogen-bond donors (Lipinski definition) is 0. The molecule has 0 aliphatic rings. The molecule has 4 nitrogen and oxygen atoms in total. The Morgan fingerprint density at radius 2 is 1.60 bits per heavy atom. The van der Waals surface area contributed by atoms with Gasteiger partial charge in [-0.15, -0.1) is 0 Å². The largest absolute Gasteiger partial charge is 0.838 e. The van der Waals surface area contributed by atoms with Crippen molar-refractivity contribution >= 4 is 8.38 Å². The van der Waals surface area contributed by atoms with E-state index < -0.39 is 14.4 Å². The van der Waals surface area contributed by atoms with Crippen LogP contribution in [-0.2, 0) is 9.47 Å². The fraction of sp³-hybridized carbons (Fsp3) is 1.00. The topological polar surface area (TPSA) is 64.6 Å². The van der Waals surface area contributed by atoms with E-state index >= 15 is 0 Å². The van der Waals surface area contributed by atoms with Crippen LogP contribution in [0.4, 0.5) is 0 Å². The molecule has 0 aromatic heterocycles. The van der Waals surface area contributed by atoms with Crippen LogP contribution in [0.15, 0.2) is 0 Å². The normalized spacial score (nSPS) is 11.4. The third-order valence-electron chi connectivity index (χ3n) is 0.791. The molecule has 0 amide bonds. The molecule has 0 radical (unpaired) electrons. The molecule has 0 saturated carbocycles. The van der Waals surface area contributed by atoms with Gasteiger partial charge in [-0.25, -0.2) is 0 Å². The van der Waals surface area contributed by atoms with Crippen LogP contribution >= 0.6 is 8.38 Å². The van der Waals surface area contributed by atoms with Crippen molar-refractivity contribution in [2.24, 2.45) is 0 Å². The van der Waals surface area contributed by atoms with Gasteiger partial charge >= 0.3 is 0 Å². The van der Waals surface area contributed by atoms with E-state index in [2.05, 4.69) is 0 Å². The van der Waals surface area contributed by atoms with E-state index in [1.165, 1.54) is 0 Å². The Morgan fingerprint density at radius 1 is 1.20 bits per heavy atom. The summed E-state index contributed by atoms with van der Waals surface area (Å²) < 4.78 is 9.45. The molecular weight excluding hydrogens is 155 g/mol. The van der Waals surface area contributed by atoms with Gasteiger partial charge in [-0.1, -0.05) is 0 Å². The molecule has 0 aliphatic heterocycles. The minimum absolute atomic E-state index is 0.341. The molecule has 0 aromatic rings. The third-order valence-corrected chi connectivity index (χ3v) is 1.43. The van der Waals surface area contributed by atoms with E-state index in [1.54, 1.807) is 13.8 Å². The fourth-order valence-electron chi connectivity index (χ4n) is 0.455. The monoisotopic (exact) mass is 166 g/mol. The van der Waals surface area contributed by atoms with Crippen molar-refractivity contribution < 1.29 is 19.3 Å². The first-order chi connectivity index (χ1) is 4.72. The molecule has 0 fully saturated rings. The molecule has 10 heavy (non-hydrogen) atoms. The third kappa shape index (κ3) is 4.14. The smallest absolute Gasteiger partial charge is 0.146 e. The summed E-state index contributed by atoms with van der Waals surface area (Å²) in [5.74, 6) is 0. The van der Waals surface area contributed by atoms with Crippen LogP contribution in [0.25, 0.3) is 0 Å². The molecule has 0 bridgehead atoms. The highest BCUT2D eigenvalue weighted by Crippen LogP contribution is 2.22. The lowest BCUT2D eigenvalue weighted by atomic mass is 10.9. The summed E-state index contributed by atoms with van der Waals surface area (Å²) >= 11 is 0. The maximum Gasteiger partial charge on any atom is 0.146 e. The summed E-state index contributed by atoms with van der Waals surface area (Å²) in [5.41, 5.74) is 0. The Balaban J connectivity index is 3.50. The molecule has 0 aliphatic carbocycles. The Morgan fingerprint density at radius 3 is 1.80 bits per heavy atom. The molecule has 0 spiro atoms. The van der Waals surface area contributed by atoms with Crippen molar-refractivity contribution in [3.63, 3.8) is 0 Å². The van der Waals surface area contributed by atoms with Crippen molar-refractivity contribution in [1.82, 2.24) is 0 Å². The molecule has 0 unspecified atom stereocenters. The maximum atomic E-state index is 10.3. The van der Waals surface area contributed by atoms with Gasteiger partial charge in [-0.2, -0.15) is 0 Å². The van der Waals surface area contributed by atoms with Gasteiger partial charge in [0.05, 0.1) is 0 Å². The fourth-order valence-corrected chi connectivity index (χ4v) is 0.997. The van der Waals surface area contributed by atoms with Crippen LogP contribution in [0, 0.1) is 0 Å². The van der Waals surface area contributed by atoms with E-state index in [4.69, 9.17) is 9.47 Å². The first-order valence-electron chi connectivity index (χ1n) is 3.09. The summed E-state index contributed by atoms with van der Waals surface area (Å²) in [6.45, 7) is 4.11. The lowest BCUT2D eigenvalue weighted by molar-refractivity contribution is -0.315. The predicted octanol–water partition coefficient (Wildman–Crippen LogP) is -0.625. The van der Waals surface area contributed by atoms with Crippen LogP contribution < -0.4 is 9.79 Å². The minimum Gasteiger partial charge on any atom is -0.838 e. The Hall–Kier alpha value is 0.270. The van der Waals surface area contributed by atoms with Gasteiger partial charge in [-0.3, -0.25) is 8.38 Å². The first-order valence-corrected chi connectivity index (χ1v) is 4.33. The summed E-state index contributed by atoms with van der Waals surface area (Å²) in [6.07, 6.45) is 0. The second kappa shape index (κ2) is 6.01. The Labute approximate surface area is 61.7 Å². The second-order valence-corrected chi connectivity index (χ2v) is 2.50. The number of rotatable bonds is 5. The van der Waals surface area contributed by atoms with E-state index in [0.29, 0.717) is 13.2 Å². The quantitative estimate of drug-likeness (QED) is 0.403. The zero-order chi connectivity index (χ0) is 7.98. The van der Waals surface area contributed by atoms with Crippen LogP contribution in [0.2, 0.25) is 0 Å². The van der Waals surface area contributed by atoms with Gasteiger partial charge in [0, 0.05) is 13.2 Å². The van der Waals surface area contributed by atoms with E-state index in [1.807, 2.05) is 0 Å². The van der Waals surface area contributed by atoms with E-state index in [0.717, 1.165) is 0 Å². The lowest BCUT2D eigenvalue weighted by Crippen LogP contribution is -2.26. The van der Waals surface area contributed by atoms with Crippen molar-refractivity contribution in [3.8, 4) is 0 Å². The predicted molar refractivity (Wildman–Crippen MR) is 34.0 cm³/mol. The van der Waals surface area contributed by atoms with Gasteiger partial charge in [0.1, 0.15) is 6.03 Å². The van der Waals surface area contributed by atoms with Crippen molar-refractivity contribution in [1.29, 1.82) is 0 Å². The molecule has 5 heteroatoms. The van der Waals surface area contributed by atoms with Gasteiger partial charge in [-0.05, 0) is 13.8 Å². The van der Waals surface area contributed by atoms with Crippen molar-refractivity contribution in [2.45, 2.75) is 19.9 Å². The van der Waals surface area contributed by atoms with Crippen LogP contribution in [0.1, 0.15) is 13.8 Å². The molecule has 62 valence electrons. The minimum atomic E-state index is -2.62. The first kappa shape index (κ1) is 10.3. The second-order valence-electron chi connectivity index (χ2n) is 1.50. The molecule has 0 N–H and O–H groups in total. The standard InChI is InChI=1S/C5H11O4P/c1-3-8-5(9-4-2)10(6)7/h5H,3-4H2,1-2H3/q-2. The van der Waals surface area contributed by atoms with Gasteiger partial charge < -0.3 is 19.3 Å². The van der Waals surface area contributed by atoms with Crippen LogP contribution in [-0.4, -0.2) is 19.2 Å². The molecule has 0 aromatic carbocycles. The molecular formula is C5H11O4P-2. The SMILES string of the molecule is CCOC(OCC)P([O-])[O-]. The number of ether oxygens (including phenoxy) is 2. The molecule has 0 saturated heterocycles. The molecule has 0 heterocycles. The Kier molecular flexibility index (Phi) is 6.17. The van der Waals surface area contributed by atoms with Gasteiger partial charge in [0.25, 0.3) is 0 Å². The van der Waals surface area contributed by atoms with E-state index in [9.17, 15) is 9.79 Å². The summed E-state index contributed by atoms with van der Waals surface area (Å²) in [4.78, 5) is 20.5. The van der Waals surface area contributed by atoms with E-state index in [-0.39, 0.29) is 0 Å². The van der Waals surface area contributed by atoms with Crippen LogP contribution in [0.5, 0.6) is 0 Å². The van der Waals surface area contributed by atoms with Gasteiger partial charge in [0.15, 0.2) is 0 Å². The highest BCUT2D eigenvalue weighted by Gasteiger charge is 2.00. The summed E-state index contributed by atoms with van der Waals surface area (Å²) in [6, 6.07) is -1.06. The average Bonchev–Trinajstić information content (AvgIpc) is 1.87. The summed E-state index contributed by atoms with van der Waals surface area (Å²) in [5, 5.41) is 0.